The highest BCUT2D eigenvalue weighted by Gasteiger charge is 2.13. The molecule has 0 radical (unpaired) electrons. The van der Waals surface area contributed by atoms with Gasteiger partial charge in [0.1, 0.15) is 11.5 Å². The summed E-state index contributed by atoms with van der Waals surface area (Å²) in [6, 6.07) is 7.40. The third-order valence-corrected chi connectivity index (χ3v) is 3.06. The van der Waals surface area contributed by atoms with E-state index in [1.165, 1.54) is 6.08 Å². The second-order valence-corrected chi connectivity index (χ2v) is 5.79. The van der Waals surface area contributed by atoms with Crippen LogP contribution < -0.4 is 4.74 Å². The number of rotatable bonds is 7. The molecule has 1 aromatic rings. The first-order valence-electron chi connectivity index (χ1n) is 6.76. The van der Waals surface area contributed by atoms with Crippen LogP contribution in [-0.2, 0) is 16.0 Å². The highest BCUT2D eigenvalue weighted by molar-refractivity contribution is 9.09. The van der Waals surface area contributed by atoms with Crippen molar-refractivity contribution < 1.29 is 19.4 Å². The summed E-state index contributed by atoms with van der Waals surface area (Å²) in [6.07, 6.45) is 1.89. The van der Waals surface area contributed by atoms with Gasteiger partial charge in [-0.05, 0) is 38.5 Å². The van der Waals surface area contributed by atoms with Crippen LogP contribution in [0.25, 0.3) is 0 Å². The monoisotopic (exact) mass is 356 g/mol. The normalized spacial score (nSPS) is 12.1. The Morgan fingerprint density at radius 1 is 1.33 bits per heavy atom. The minimum Gasteiger partial charge on any atom is -0.463 e. The third kappa shape index (κ3) is 7.29. The van der Waals surface area contributed by atoms with Gasteiger partial charge >= 0.3 is 5.97 Å². The summed E-state index contributed by atoms with van der Waals surface area (Å²) in [4.78, 5) is 11.4. The van der Waals surface area contributed by atoms with Crippen molar-refractivity contribution in [2.45, 2.75) is 32.8 Å². The summed E-state index contributed by atoms with van der Waals surface area (Å²) in [5.74, 6) is 0.679. The van der Waals surface area contributed by atoms with Gasteiger partial charge in [-0.2, -0.15) is 0 Å². The molecule has 116 valence electrons. The van der Waals surface area contributed by atoms with Gasteiger partial charge in [0.2, 0.25) is 0 Å². The van der Waals surface area contributed by atoms with E-state index >= 15 is 0 Å². The van der Waals surface area contributed by atoms with Gasteiger partial charge in [0.05, 0.1) is 23.6 Å². The molecule has 0 atom stereocenters. The van der Waals surface area contributed by atoms with Crippen LogP contribution in [0.2, 0.25) is 0 Å². The summed E-state index contributed by atoms with van der Waals surface area (Å²) < 4.78 is 10.5. The molecular weight excluding hydrogens is 336 g/mol. The van der Waals surface area contributed by atoms with E-state index in [-0.39, 0.29) is 0 Å². The molecule has 0 unspecified atom stereocenters. The number of carbonyl (C=O) groups excluding carboxylic acids is 1. The van der Waals surface area contributed by atoms with Crippen LogP contribution in [0.4, 0.5) is 0 Å². The molecule has 5 heteroatoms. The van der Waals surface area contributed by atoms with Crippen molar-refractivity contribution in [2.24, 2.45) is 0 Å². The van der Waals surface area contributed by atoms with Crippen LogP contribution in [0.3, 0.4) is 0 Å². The van der Waals surface area contributed by atoms with Crippen LogP contribution >= 0.6 is 15.9 Å². The number of halogens is 1. The molecule has 1 N–H and O–H groups in total. The Kier molecular flexibility index (Phi) is 6.92. The zero-order valence-corrected chi connectivity index (χ0v) is 14.1. The van der Waals surface area contributed by atoms with Crippen molar-refractivity contribution in [3.8, 4) is 5.75 Å². The fraction of sp³-hybridized carbons (Fsp3) is 0.438. The lowest BCUT2D eigenvalue weighted by atomic mass is 9.99. The number of alkyl halides is 1. The minimum absolute atomic E-state index is 0.330. The van der Waals surface area contributed by atoms with Crippen molar-refractivity contribution in [3.63, 3.8) is 0 Å². The van der Waals surface area contributed by atoms with E-state index < -0.39 is 11.6 Å². The lowest BCUT2D eigenvalue weighted by molar-refractivity contribution is -0.137. The van der Waals surface area contributed by atoms with Gasteiger partial charge in [-0.25, -0.2) is 4.79 Å². The maximum Gasteiger partial charge on any atom is 0.334 e. The molecule has 0 bridgehead atoms. The maximum absolute atomic E-state index is 11.4. The predicted molar refractivity (Wildman–Crippen MR) is 85.6 cm³/mol. The first kappa shape index (κ1) is 17.7. The summed E-state index contributed by atoms with van der Waals surface area (Å²) in [6.45, 7) is 5.61. The fourth-order valence-corrected chi connectivity index (χ4v) is 2.01. The predicted octanol–water partition coefficient (Wildman–Crippen LogP) is 3.22. The van der Waals surface area contributed by atoms with Gasteiger partial charge in [0, 0.05) is 6.42 Å². The molecule has 0 heterocycles. The molecule has 0 saturated carbocycles. The van der Waals surface area contributed by atoms with E-state index in [1.807, 2.05) is 24.3 Å². The molecule has 0 saturated heterocycles. The van der Waals surface area contributed by atoms with Gasteiger partial charge in [-0.3, -0.25) is 0 Å². The van der Waals surface area contributed by atoms with Gasteiger partial charge < -0.3 is 14.6 Å². The molecule has 4 nitrogen and oxygen atoms in total. The molecule has 0 aliphatic carbocycles. The van der Waals surface area contributed by atoms with Crippen LogP contribution in [0.15, 0.2) is 36.1 Å². The number of ether oxygens (including phenoxy) is 2. The Balaban J connectivity index is 2.71. The third-order valence-electron chi connectivity index (χ3n) is 2.51. The number of carbonyl (C=O) groups is 1. The van der Waals surface area contributed by atoms with E-state index in [0.717, 1.165) is 5.56 Å². The summed E-state index contributed by atoms with van der Waals surface area (Å²) in [7, 11) is 0. The largest absolute Gasteiger partial charge is 0.463 e. The smallest absolute Gasteiger partial charge is 0.334 e. The molecule has 0 fully saturated rings. The molecule has 0 spiro atoms. The van der Waals surface area contributed by atoms with E-state index in [0.29, 0.717) is 29.9 Å². The molecule has 0 aromatic heterocycles. The number of allylic oxidation sites excluding steroid dienone is 1. The summed E-state index contributed by atoms with van der Waals surface area (Å²) in [5, 5.41) is 10.2. The first-order valence-corrected chi connectivity index (χ1v) is 7.88. The van der Waals surface area contributed by atoms with Crippen molar-refractivity contribution in [1.29, 1.82) is 0 Å². The van der Waals surface area contributed by atoms with Crippen LogP contribution in [-0.4, -0.2) is 28.6 Å². The van der Waals surface area contributed by atoms with E-state index in [9.17, 15) is 9.90 Å². The molecule has 21 heavy (non-hydrogen) atoms. The van der Waals surface area contributed by atoms with Crippen molar-refractivity contribution >= 4 is 21.9 Å². The second-order valence-electron chi connectivity index (χ2n) is 5.23. The lowest BCUT2D eigenvalue weighted by Gasteiger charge is -2.17. The summed E-state index contributed by atoms with van der Waals surface area (Å²) in [5.41, 5.74) is 0.275. The summed E-state index contributed by atoms with van der Waals surface area (Å²) >= 11 is 3.27. The SMILES string of the molecule is CCOC(=O)/C=C(/CBr)Oc1ccc(CC(C)(C)O)cc1. The highest BCUT2D eigenvalue weighted by Crippen LogP contribution is 2.19. The maximum atomic E-state index is 11.4. The second kappa shape index (κ2) is 8.20. The molecule has 0 aliphatic rings. The number of hydrogen-bond donors (Lipinski definition) is 1. The Labute approximate surface area is 133 Å². The lowest BCUT2D eigenvalue weighted by Crippen LogP contribution is -2.21. The molecule has 0 amide bonds. The van der Waals surface area contributed by atoms with Crippen molar-refractivity contribution in [1.82, 2.24) is 0 Å². The number of hydrogen-bond acceptors (Lipinski definition) is 4. The van der Waals surface area contributed by atoms with Crippen molar-refractivity contribution in [2.75, 3.05) is 11.9 Å². The Morgan fingerprint density at radius 2 is 1.95 bits per heavy atom. The minimum atomic E-state index is -0.743. The van der Waals surface area contributed by atoms with Crippen LogP contribution in [0, 0.1) is 0 Å². The topological polar surface area (TPSA) is 55.8 Å². The molecular formula is C16H21BrO4. The quantitative estimate of drug-likeness (QED) is 0.352. The van der Waals surface area contributed by atoms with E-state index in [1.54, 1.807) is 20.8 Å². The van der Waals surface area contributed by atoms with Crippen LogP contribution in [0.5, 0.6) is 5.75 Å². The van der Waals surface area contributed by atoms with E-state index in [4.69, 9.17) is 9.47 Å². The Bertz CT molecular complexity index is 486. The zero-order chi connectivity index (χ0) is 15.9. The number of esters is 1. The Morgan fingerprint density at radius 3 is 2.43 bits per heavy atom. The number of benzene rings is 1. The van der Waals surface area contributed by atoms with Crippen molar-refractivity contribution in [3.05, 3.63) is 41.7 Å². The van der Waals surface area contributed by atoms with Crippen LogP contribution in [0.1, 0.15) is 26.3 Å². The van der Waals surface area contributed by atoms with Gasteiger partial charge in [-0.1, -0.05) is 28.1 Å². The number of aliphatic hydroxyl groups is 1. The average Bonchev–Trinajstić information content (AvgIpc) is 2.38. The molecule has 0 aliphatic heterocycles. The zero-order valence-electron chi connectivity index (χ0n) is 12.6. The van der Waals surface area contributed by atoms with Gasteiger partial charge in [0.25, 0.3) is 0 Å². The standard InChI is InChI=1S/C16H21BrO4/c1-4-20-15(18)9-14(11-17)21-13-7-5-12(6-8-13)10-16(2,3)19/h5-9,19H,4,10-11H2,1-3H3/b14-9-. The molecule has 1 rings (SSSR count). The van der Waals surface area contributed by atoms with Gasteiger partial charge in [-0.15, -0.1) is 0 Å². The molecule has 1 aromatic carbocycles. The highest BCUT2D eigenvalue weighted by atomic mass is 79.9. The fourth-order valence-electron chi connectivity index (χ4n) is 1.74. The van der Waals surface area contributed by atoms with E-state index in [2.05, 4.69) is 15.9 Å². The average molecular weight is 357 g/mol. The first-order chi connectivity index (χ1) is 9.84. The van der Waals surface area contributed by atoms with Gasteiger partial charge in [0.15, 0.2) is 0 Å². The Hall–Kier alpha value is -1.33.